The Kier molecular flexibility index (Phi) is 5.40. The van der Waals surface area contributed by atoms with Crippen molar-refractivity contribution >= 4 is 11.8 Å². The molecule has 8 heteroatoms. The molecule has 2 aliphatic heterocycles. The lowest BCUT2D eigenvalue weighted by molar-refractivity contribution is -0.284. The predicted molar refractivity (Wildman–Crippen MR) is 102 cm³/mol. The molecule has 2 fully saturated rings. The average molecular weight is 408 g/mol. The van der Waals surface area contributed by atoms with Crippen LogP contribution in [0.4, 0.5) is 0 Å². The molecule has 4 unspecified atom stereocenters. The summed E-state index contributed by atoms with van der Waals surface area (Å²) in [6.07, 6.45) is 0.120. The molecule has 1 aromatic carbocycles. The van der Waals surface area contributed by atoms with E-state index in [2.05, 4.69) is 0 Å². The predicted octanol–water partition coefficient (Wildman–Crippen LogP) is 2.38. The lowest BCUT2D eigenvalue weighted by atomic mass is 9.76. The quantitative estimate of drug-likeness (QED) is 0.431. The number of carbonyl (C=O) groups is 2. The van der Waals surface area contributed by atoms with Gasteiger partial charge in [-0.3, -0.25) is 4.79 Å². The summed E-state index contributed by atoms with van der Waals surface area (Å²) in [6.45, 7) is 5.11. The molecule has 8 nitrogen and oxygen atoms in total. The van der Waals surface area contributed by atoms with Crippen molar-refractivity contribution in [2.75, 3.05) is 0 Å². The van der Waals surface area contributed by atoms with Crippen LogP contribution in [0.15, 0.2) is 18.2 Å². The molecule has 0 amide bonds. The molecule has 2 aliphatic rings. The van der Waals surface area contributed by atoms with E-state index in [-0.39, 0.29) is 29.6 Å². The Morgan fingerprint density at radius 1 is 1.21 bits per heavy atom. The Morgan fingerprint density at radius 2 is 1.90 bits per heavy atom. The molecule has 0 radical (unpaired) electrons. The largest absolute Gasteiger partial charge is 0.508 e. The number of ketones is 1. The van der Waals surface area contributed by atoms with E-state index in [1.165, 1.54) is 12.1 Å². The number of hydrogen-bond acceptors (Lipinski definition) is 7. The van der Waals surface area contributed by atoms with Gasteiger partial charge in [0.2, 0.25) is 0 Å². The van der Waals surface area contributed by atoms with Gasteiger partial charge in [0.15, 0.2) is 11.4 Å². The van der Waals surface area contributed by atoms with E-state index in [1.54, 1.807) is 20.8 Å². The zero-order valence-corrected chi connectivity index (χ0v) is 16.8. The second-order valence-electron chi connectivity index (χ2n) is 8.86. The van der Waals surface area contributed by atoms with Crippen LogP contribution in [0.3, 0.4) is 0 Å². The van der Waals surface area contributed by atoms with Crippen LogP contribution in [-0.2, 0) is 14.3 Å². The molecular weight excluding hydrogens is 380 g/mol. The second-order valence-corrected chi connectivity index (χ2v) is 8.86. The van der Waals surface area contributed by atoms with Gasteiger partial charge in [-0.2, -0.15) is 0 Å². The number of carbonyl (C=O) groups excluding carboxylic acids is 1. The number of aromatic hydroxyl groups is 2. The minimum absolute atomic E-state index is 0.0481. The Labute approximate surface area is 169 Å². The normalized spacial score (nSPS) is 32.4. The van der Waals surface area contributed by atoms with E-state index < -0.39 is 41.1 Å². The number of fused-ring (bicyclic) bond motifs is 1. The highest BCUT2D eigenvalue weighted by Gasteiger charge is 2.57. The van der Waals surface area contributed by atoms with Crippen LogP contribution in [0.2, 0.25) is 0 Å². The van der Waals surface area contributed by atoms with Crippen molar-refractivity contribution < 1.29 is 39.5 Å². The maximum Gasteiger partial charge on any atom is 0.336 e. The van der Waals surface area contributed by atoms with Gasteiger partial charge in [0.05, 0.1) is 35.4 Å². The molecule has 4 N–H and O–H groups in total. The van der Waals surface area contributed by atoms with Crippen LogP contribution in [0.1, 0.15) is 63.2 Å². The van der Waals surface area contributed by atoms with E-state index in [1.807, 2.05) is 0 Å². The summed E-state index contributed by atoms with van der Waals surface area (Å²) in [5, 5.41) is 39.7. The maximum absolute atomic E-state index is 12.8. The Morgan fingerprint density at radius 3 is 2.52 bits per heavy atom. The number of Topliss-reactive ketones (excluding diaryl/α,β-unsaturated/α-hetero) is 1. The molecule has 2 heterocycles. The highest BCUT2D eigenvalue weighted by atomic mass is 16.6. The van der Waals surface area contributed by atoms with Crippen LogP contribution < -0.4 is 0 Å². The first-order chi connectivity index (χ1) is 13.4. The zero-order chi connectivity index (χ0) is 21.6. The minimum atomic E-state index is -1.76. The van der Waals surface area contributed by atoms with Gasteiger partial charge >= 0.3 is 5.97 Å². The molecular formula is C21H28O8. The number of hydrogen-bond donors (Lipinski definition) is 4. The van der Waals surface area contributed by atoms with E-state index in [0.717, 1.165) is 6.07 Å². The summed E-state index contributed by atoms with van der Waals surface area (Å²) in [4.78, 5) is 24.9. The molecule has 160 valence electrons. The van der Waals surface area contributed by atoms with Crippen molar-refractivity contribution in [3.63, 3.8) is 0 Å². The summed E-state index contributed by atoms with van der Waals surface area (Å²) < 4.78 is 12.1. The highest BCUT2D eigenvalue weighted by Crippen LogP contribution is 2.46. The molecule has 2 saturated heterocycles. The van der Waals surface area contributed by atoms with Crippen LogP contribution in [-0.4, -0.2) is 61.2 Å². The Bertz CT molecular complexity index is 813. The van der Waals surface area contributed by atoms with Crippen LogP contribution >= 0.6 is 0 Å². The topological polar surface area (TPSA) is 134 Å². The molecule has 3 rings (SSSR count). The van der Waals surface area contributed by atoms with Crippen molar-refractivity contribution in [2.24, 2.45) is 0 Å². The van der Waals surface area contributed by atoms with Crippen LogP contribution in [0, 0.1) is 0 Å². The Balaban J connectivity index is 1.83. The smallest absolute Gasteiger partial charge is 0.336 e. The van der Waals surface area contributed by atoms with Gasteiger partial charge in [-0.25, -0.2) is 4.79 Å². The van der Waals surface area contributed by atoms with E-state index in [9.17, 15) is 30.0 Å². The van der Waals surface area contributed by atoms with Gasteiger partial charge < -0.3 is 29.9 Å². The maximum atomic E-state index is 12.8. The van der Waals surface area contributed by atoms with Gasteiger partial charge in [-0.05, 0) is 64.7 Å². The molecule has 1 aromatic rings. The molecule has 4 atom stereocenters. The van der Waals surface area contributed by atoms with Gasteiger partial charge in [-0.1, -0.05) is 0 Å². The summed E-state index contributed by atoms with van der Waals surface area (Å²) in [5.74, 6) is -2.42. The van der Waals surface area contributed by atoms with Gasteiger partial charge in [-0.15, -0.1) is 0 Å². The van der Waals surface area contributed by atoms with Crippen LogP contribution in [0.5, 0.6) is 11.5 Å². The number of benzene rings is 1. The van der Waals surface area contributed by atoms with E-state index in [4.69, 9.17) is 9.47 Å². The third-order valence-corrected chi connectivity index (χ3v) is 6.06. The summed E-state index contributed by atoms with van der Waals surface area (Å²) in [6, 6.07) is 3.53. The molecule has 0 saturated carbocycles. The van der Waals surface area contributed by atoms with Gasteiger partial charge in [0, 0.05) is 0 Å². The Hall–Kier alpha value is -2.16. The number of aliphatic carboxylic acids is 1. The number of rotatable bonds is 5. The fourth-order valence-electron chi connectivity index (χ4n) is 4.31. The third kappa shape index (κ3) is 4.10. The number of phenols is 2. The SMILES string of the molecule is CC(C)(O)C1CCC2(C)OC(CC(=O)c3cc(O)ccc3O)(C(=O)O)CCC2O1. The lowest BCUT2D eigenvalue weighted by Crippen LogP contribution is -2.63. The minimum Gasteiger partial charge on any atom is -0.508 e. The number of phenolic OH excluding ortho intramolecular Hbond substituents is 2. The number of carboxylic acid groups (broad SMARTS) is 1. The number of carboxylic acids is 1. The summed E-state index contributed by atoms with van der Waals surface area (Å²) >= 11 is 0. The number of aliphatic hydroxyl groups is 1. The zero-order valence-electron chi connectivity index (χ0n) is 16.8. The van der Waals surface area contributed by atoms with E-state index in [0.29, 0.717) is 19.3 Å². The lowest BCUT2D eigenvalue weighted by Gasteiger charge is -2.53. The molecule has 0 spiro atoms. The molecule has 0 aromatic heterocycles. The standard InChI is InChI=1S/C21H28O8/c1-19(2,27)16-6-8-20(3)17(28-16)7-9-21(29-20,18(25)26)11-15(24)13-10-12(22)4-5-14(13)23/h4-5,10,16-17,22-23,27H,6-9,11H2,1-3H3,(H,25,26). The second kappa shape index (κ2) is 7.27. The fraction of sp³-hybridized carbons (Fsp3) is 0.619. The van der Waals surface area contributed by atoms with Gasteiger partial charge in [0.25, 0.3) is 0 Å². The van der Waals surface area contributed by atoms with Crippen LogP contribution in [0.25, 0.3) is 0 Å². The van der Waals surface area contributed by atoms with Crippen molar-refractivity contribution in [3.8, 4) is 11.5 Å². The first-order valence-corrected chi connectivity index (χ1v) is 9.73. The molecule has 0 bridgehead atoms. The molecule has 29 heavy (non-hydrogen) atoms. The first kappa shape index (κ1) is 21.5. The third-order valence-electron chi connectivity index (χ3n) is 6.06. The molecule has 0 aliphatic carbocycles. The van der Waals surface area contributed by atoms with Crippen molar-refractivity contribution in [2.45, 2.75) is 81.9 Å². The summed E-state index contributed by atoms with van der Waals surface area (Å²) in [7, 11) is 0. The van der Waals surface area contributed by atoms with Gasteiger partial charge in [0.1, 0.15) is 11.5 Å². The van der Waals surface area contributed by atoms with E-state index >= 15 is 0 Å². The monoisotopic (exact) mass is 408 g/mol. The first-order valence-electron chi connectivity index (χ1n) is 9.73. The highest BCUT2D eigenvalue weighted by molar-refractivity contribution is 6.02. The average Bonchev–Trinajstić information content (AvgIpc) is 2.61. The number of ether oxygens (including phenoxy) is 2. The van der Waals surface area contributed by atoms with Crippen molar-refractivity contribution in [1.29, 1.82) is 0 Å². The van der Waals surface area contributed by atoms with Crippen molar-refractivity contribution in [1.82, 2.24) is 0 Å². The summed E-state index contributed by atoms with van der Waals surface area (Å²) in [5.41, 5.74) is -3.85. The van der Waals surface area contributed by atoms with Crippen molar-refractivity contribution in [3.05, 3.63) is 23.8 Å². The fourth-order valence-corrected chi connectivity index (χ4v) is 4.31.